The maximum absolute atomic E-state index is 11.5. The molecule has 0 aliphatic carbocycles. The molecular formula is C25H38O5S. The zero-order valence-electron chi connectivity index (χ0n) is 18.9. The molecule has 0 N–H and O–H groups in total. The molecule has 0 saturated carbocycles. The Morgan fingerprint density at radius 3 is 2.61 bits per heavy atom. The van der Waals surface area contributed by atoms with Crippen molar-refractivity contribution in [3.05, 3.63) is 29.8 Å². The lowest BCUT2D eigenvalue weighted by Crippen LogP contribution is -2.22. The standard InChI is InChI=1S/C25H38O5S/c1-2-9-22(26)20-24(27)28-16-7-8-19-31-23-14-12-21(13-15-23)10-3-5-17-29-25-11-4-6-18-30-25/h12-15,25H,2-11,16-20H2,1H3. The second kappa shape index (κ2) is 16.3. The first-order chi connectivity index (χ1) is 15.2. The number of ether oxygens (including phenoxy) is 3. The third-order valence-electron chi connectivity index (χ3n) is 5.17. The fourth-order valence-electron chi connectivity index (χ4n) is 3.40. The zero-order valence-corrected chi connectivity index (χ0v) is 19.8. The van der Waals surface area contributed by atoms with E-state index in [4.69, 9.17) is 14.2 Å². The van der Waals surface area contributed by atoms with Crippen LogP contribution in [0.4, 0.5) is 0 Å². The van der Waals surface area contributed by atoms with Gasteiger partial charge in [-0.25, -0.2) is 0 Å². The summed E-state index contributed by atoms with van der Waals surface area (Å²) in [4.78, 5) is 24.2. The summed E-state index contributed by atoms with van der Waals surface area (Å²) in [6.07, 6.45) is 9.63. The number of rotatable bonds is 16. The fourth-order valence-corrected chi connectivity index (χ4v) is 4.31. The molecule has 1 saturated heterocycles. The second-order valence-corrected chi connectivity index (χ2v) is 9.18. The van der Waals surface area contributed by atoms with E-state index in [1.165, 1.54) is 16.9 Å². The molecule has 0 bridgehead atoms. The smallest absolute Gasteiger partial charge is 0.313 e. The quantitative estimate of drug-likeness (QED) is 0.139. The Kier molecular flexibility index (Phi) is 13.6. The second-order valence-electron chi connectivity index (χ2n) is 8.01. The molecule has 1 aliphatic rings. The van der Waals surface area contributed by atoms with Crippen LogP contribution in [0.25, 0.3) is 0 Å². The Hall–Kier alpha value is -1.37. The topological polar surface area (TPSA) is 61.8 Å². The minimum atomic E-state index is -0.393. The highest BCUT2D eigenvalue weighted by Gasteiger charge is 2.13. The highest BCUT2D eigenvalue weighted by molar-refractivity contribution is 7.99. The average molecular weight is 451 g/mol. The zero-order chi connectivity index (χ0) is 22.2. The lowest BCUT2D eigenvalue weighted by molar-refractivity contribution is -0.162. The van der Waals surface area contributed by atoms with E-state index in [0.29, 0.717) is 13.0 Å². The van der Waals surface area contributed by atoms with Crippen LogP contribution >= 0.6 is 11.8 Å². The molecule has 0 aromatic heterocycles. The number of thioether (sulfide) groups is 1. The van der Waals surface area contributed by atoms with Crippen LogP contribution in [0.15, 0.2) is 29.2 Å². The number of ketones is 1. The minimum absolute atomic E-state index is 0.0205. The monoisotopic (exact) mass is 450 g/mol. The molecule has 0 amide bonds. The number of hydrogen-bond donors (Lipinski definition) is 0. The number of benzene rings is 1. The predicted octanol–water partition coefficient (Wildman–Crippen LogP) is 5.73. The molecule has 5 nitrogen and oxygen atoms in total. The van der Waals surface area contributed by atoms with Crippen LogP contribution in [-0.2, 0) is 30.2 Å². The molecule has 2 rings (SSSR count). The van der Waals surface area contributed by atoms with E-state index in [-0.39, 0.29) is 18.5 Å². The van der Waals surface area contributed by atoms with Crippen molar-refractivity contribution in [2.24, 2.45) is 0 Å². The molecule has 1 fully saturated rings. The Bertz CT molecular complexity index is 625. The van der Waals surface area contributed by atoms with Gasteiger partial charge in [0.1, 0.15) is 12.2 Å². The molecule has 1 aromatic rings. The van der Waals surface area contributed by atoms with Crippen LogP contribution in [0, 0.1) is 0 Å². The van der Waals surface area contributed by atoms with Gasteiger partial charge in [0.25, 0.3) is 0 Å². The van der Waals surface area contributed by atoms with E-state index in [0.717, 1.165) is 70.3 Å². The van der Waals surface area contributed by atoms with Gasteiger partial charge in [-0.1, -0.05) is 19.1 Å². The molecular weight excluding hydrogens is 412 g/mol. The molecule has 1 aromatic carbocycles. The maximum atomic E-state index is 11.5. The van der Waals surface area contributed by atoms with E-state index < -0.39 is 5.97 Å². The average Bonchev–Trinajstić information content (AvgIpc) is 2.77. The minimum Gasteiger partial charge on any atom is -0.465 e. The van der Waals surface area contributed by atoms with Gasteiger partial charge in [0, 0.05) is 24.5 Å². The highest BCUT2D eigenvalue weighted by atomic mass is 32.2. The van der Waals surface area contributed by atoms with Gasteiger partial charge < -0.3 is 14.2 Å². The number of Topliss-reactive ketones (excluding diaryl/α,β-unsaturated/α-hetero) is 1. The summed E-state index contributed by atoms with van der Waals surface area (Å²) >= 11 is 1.82. The van der Waals surface area contributed by atoms with E-state index in [9.17, 15) is 9.59 Å². The van der Waals surface area contributed by atoms with Gasteiger partial charge in [0.15, 0.2) is 6.29 Å². The van der Waals surface area contributed by atoms with Crippen LogP contribution < -0.4 is 0 Å². The Morgan fingerprint density at radius 1 is 1.06 bits per heavy atom. The number of hydrogen-bond acceptors (Lipinski definition) is 6. The Labute approximate surface area is 191 Å². The lowest BCUT2D eigenvalue weighted by atomic mass is 10.1. The summed E-state index contributed by atoms with van der Waals surface area (Å²) in [5.41, 5.74) is 1.36. The van der Waals surface area contributed by atoms with Gasteiger partial charge in [0.2, 0.25) is 0 Å². The summed E-state index contributed by atoms with van der Waals surface area (Å²) in [5.74, 6) is 0.566. The molecule has 1 atom stereocenters. The van der Waals surface area contributed by atoms with Crippen molar-refractivity contribution < 1.29 is 23.8 Å². The molecule has 0 spiro atoms. The lowest BCUT2D eigenvalue weighted by Gasteiger charge is -2.22. The Morgan fingerprint density at radius 2 is 1.87 bits per heavy atom. The highest BCUT2D eigenvalue weighted by Crippen LogP contribution is 2.21. The van der Waals surface area contributed by atoms with Crippen LogP contribution in [0.1, 0.15) is 76.7 Å². The first kappa shape index (κ1) is 25.9. The van der Waals surface area contributed by atoms with Crippen molar-refractivity contribution in [1.29, 1.82) is 0 Å². The first-order valence-electron chi connectivity index (χ1n) is 11.8. The van der Waals surface area contributed by atoms with E-state index in [2.05, 4.69) is 24.3 Å². The number of aryl methyl sites for hydroxylation is 1. The molecule has 1 heterocycles. The molecule has 31 heavy (non-hydrogen) atoms. The molecule has 174 valence electrons. The van der Waals surface area contributed by atoms with Crippen molar-refractivity contribution in [2.45, 2.75) is 88.7 Å². The largest absolute Gasteiger partial charge is 0.465 e. The van der Waals surface area contributed by atoms with E-state index in [1.54, 1.807) is 0 Å². The van der Waals surface area contributed by atoms with Crippen LogP contribution in [0.3, 0.4) is 0 Å². The van der Waals surface area contributed by atoms with Crippen molar-refractivity contribution in [2.75, 3.05) is 25.6 Å². The summed E-state index contributed by atoms with van der Waals surface area (Å²) in [6.45, 7) is 3.95. The van der Waals surface area contributed by atoms with Crippen LogP contribution in [0.5, 0.6) is 0 Å². The number of unbranched alkanes of at least 4 members (excludes halogenated alkanes) is 2. The third kappa shape index (κ3) is 12.3. The summed E-state index contributed by atoms with van der Waals surface area (Å²) in [5, 5.41) is 0. The van der Waals surface area contributed by atoms with Crippen molar-refractivity contribution in [1.82, 2.24) is 0 Å². The van der Waals surface area contributed by atoms with Crippen molar-refractivity contribution in [3.8, 4) is 0 Å². The van der Waals surface area contributed by atoms with Gasteiger partial charge in [-0.15, -0.1) is 11.8 Å². The molecule has 6 heteroatoms. The molecule has 1 unspecified atom stereocenters. The number of esters is 1. The molecule has 0 radical (unpaired) electrons. The van der Waals surface area contributed by atoms with E-state index in [1.807, 2.05) is 18.7 Å². The Balaban J connectivity index is 1.46. The van der Waals surface area contributed by atoms with Gasteiger partial charge >= 0.3 is 5.97 Å². The maximum Gasteiger partial charge on any atom is 0.313 e. The van der Waals surface area contributed by atoms with Crippen molar-refractivity contribution >= 4 is 23.5 Å². The van der Waals surface area contributed by atoms with Gasteiger partial charge in [-0.3, -0.25) is 9.59 Å². The van der Waals surface area contributed by atoms with Crippen LogP contribution in [0.2, 0.25) is 0 Å². The fraction of sp³-hybridized carbons (Fsp3) is 0.680. The summed E-state index contributed by atoms with van der Waals surface area (Å²) in [7, 11) is 0. The third-order valence-corrected chi connectivity index (χ3v) is 6.26. The van der Waals surface area contributed by atoms with Crippen LogP contribution in [-0.4, -0.2) is 43.6 Å². The number of carbonyl (C=O) groups is 2. The first-order valence-corrected chi connectivity index (χ1v) is 12.8. The predicted molar refractivity (Wildman–Crippen MR) is 124 cm³/mol. The van der Waals surface area contributed by atoms with Gasteiger partial charge in [0.05, 0.1) is 6.61 Å². The normalized spacial score (nSPS) is 16.2. The van der Waals surface area contributed by atoms with Gasteiger partial charge in [-0.05, 0) is 81.2 Å². The molecule has 1 aliphatic heterocycles. The summed E-state index contributed by atoms with van der Waals surface area (Å²) < 4.78 is 16.5. The SMILES string of the molecule is CCCC(=O)CC(=O)OCCCCSc1ccc(CCCCOC2CCCCO2)cc1. The van der Waals surface area contributed by atoms with Crippen molar-refractivity contribution in [3.63, 3.8) is 0 Å². The van der Waals surface area contributed by atoms with Gasteiger partial charge in [-0.2, -0.15) is 0 Å². The van der Waals surface area contributed by atoms with E-state index >= 15 is 0 Å². The summed E-state index contributed by atoms with van der Waals surface area (Å²) in [6, 6.07) is 8.79. The number of carbonyl (C=O) groups excluding carboxylic acids is 2.